The van der Waals surface area contributed by atoms with Gasteiger partial charge in [-0.1, -0.05) is 19.4 Å². The summed E-state index contributed by atoms with van der Waals surface area (Å²) in [6.07, 6.45) is 7.80. The highest BCUT2D eigenvalue weighted by Crippen LogP contribution is 2.65. The van der Waals surface area contributed by atoms with Crippen molar-refractivity contribution in [2.24, 2.45) is 34.5 Å². The molecule has 4 aliphatic carbocycles. The van der Waals surface area contributed by atoms with Crippen molar-refractivity contribution in [2.45, 2.75) is 65.7 Å². The number of Topliss-reactive ketones (excluding diaryl/α,β-unsaturated/α-hetero) is 2. The predicted octanol–water partition coefficient (Wildman–Crippen LogP) is 3.90. The minimum Gasteiger partial charge on any atom is -0.300 e. The van der Waals surface area contributed by atoms with Gasteiger partial charge in [0.15, 0.2) is 5.78 Å². The predicted molar refractivity (Wildman–Crippen MR) is 91.3 cm³/mol. The number of fused-ring (bicyclic) bond motifs is 5. The fourth-order valence-electron chi connectivity index (χ4n) is 7.05. The van der Waals surface area contributed by atoms with Gasteiger partial charge in [-0.25, -0.2) is 0 Å². The third-order valence-corrected chi connectivity index (χ3v) is 8.14. The molecule has 0 spiro atoms. The van der Waals surface area contributed by atoms with Crippen LogP contribution in [0.15, 0.2) is 11.6 Å². The van der Waals surface area contributed by atoms with Gasteiger partial charge in [-0.15, -0.1) is 0 Å². The van der Waals surface area contributed by atoms with Gasteiger partial charge in [0.2, 0.25) is 0 Å². The molecular weight excluding hydrogens is 300 g/mol. The van der Waals surface area contributed by atoms with E-state index in [0.29, 0.717) is 30.5 Å². The molecule has 4 aliphatic rings. The molecule has 0 saturated heterocycles. The van der Waals surface area contributed by atoms with Gasteiger partial charge in [0.05, 0.1) is 0 Å². The summed E-state index contributed by atoms with van der Waals surface area (Å²) in [5.41, 5.74) is 0.966. The van der Waals surface area contributed by atoms with Crippen molar-refractivity contribution in [3.63, 3.8) is 0 Å². The summed E-state index contributed by atoms with van der Waals surface area (Å²) in [7, 11) is 0. The highest BCUT2D eigenvalue weighted by Gasteiger charge is 2.62. The van der Waals surface area contributed by atoms with E-state index in [9.17, 15) is 14.4 Å². The molecule has 6 atom stereocenters. The van der Waals surface area contributed by atoms with Crippen LogP contribution in [0.2, 0.25) is 0 Å². The maximum absolute atomic E-state index is 13.3. The number of carbonyl (C=O) groups is 3. The van der Waals surface area contributed by atoms with Crippen LogP contribution in [-0.4, -0.2) is 17.3 Å². The van der Waals surface area contributed by atoms with Gasteiger partial charge in [0, 0.05) is 24.7 Å². The molecule has 1 unspecified atom stereocenters. The first kappa shape index (κ1) is 16.2. The van der Waals surface area contributed by atoms with E-state index in [1.807, 2.05) is 6.08 Å². The summed E-state index contributed by atoms with van der Waals surface area (Å²) in [5.74, 6) is 1.86. The second-order valence-corrected chi connectivity index (χ2v) is 9.23. The molecule has 0 heterocycles. The Kier molecular flexibility index (Phi) is 3.47. The standard InChI is InChI=1S/C21H28O3/c1-12(22)16-6-7-17-15-5-4-13-10-14(23)8-9-20(13,2)19(15)18(24)11-21(16,17)3/h10,15-17,19H,4-9,11H2,1-3H3/t15-,16?,17-,19+,20-,21+/m0/s1. The second kappa shape index (κ2) is 5.12. The summed E-state index contributed by atoms with van der Waals surface area (Å²) < 4.78 is 0. The Bertz CT molecular complexity index is 660. The van der Waals surface area contributed by atoms with Crippen LogP contribution in [0.4, 0.5) is 0 Å². The molecule has 3 saturated carbocycles. The van der Waals surface area contributed by atoms with E-state index in [1.165, 1.54) is 5.57 Å². The van der Waals surface area contributed by atoms with Crippen LogP contribution in [0.25, 0.3) is 0 Å². The van der Waals surface area contributed by atoms with E-state index in [0.717, 1.165) is 32.1 Å². The van der Waals surface area contributed by atoms with Crippen LogP contribution >= 0.6 is 0 Å². The molecule has 130 valence electrons. The maximum Gasteiger partial charge on any atom is 0.155 e. The van der Waals surface area contributed by atoms with E-state index in [-0.39, 0.29) is 34.2 Å². The zero-order chi connectivity index (χ0) is 17.3. The van der Waals surface area contributed by atoms with Gasteiger partial charge in [0.25, 0.3) is 0 Å². The van der Waals surface area contributed by atoms with Crippen molar-refractivity contribution in [1.29, 1.82) is 0 Å². The number of carbonyl (C=O) groups excluding carboxylic acids is 3. The van der Waals surface area contributed by atoms with Crippen molar-refractivity contribution >= 4 is 17.3 Å². The van der Waals surface area contributed by atoms with E-state index < -0.39 is 0 Å². The average Bonchev–Trinajstić information content (AvgIpc) is 2.84. The molecular formula is C21H28O3. The molecule has 0 aromatic heterocycles. The first-order valence-corrected chi connectivity index (χ1v) is 9.54. The zero-order valence-electron chi connectivity index (χ0n) is 15.1. The van der Waals surface area contributed by atoms with Crippen LogP contribution in [-0.2, 0) is 14.4 Å². The fourth-order valence-corrected chi connectivity index (χ4v) is 7.05. The number of ketones is 3. The molecule has 0 aliphatic heterocycles. The Hall–Kier alpha value is -1.25. The van der Waals surface area contributed by atoms with Crippen LogP contribution < -0.4 is 0 Å². The summed E-state index contributed by atoms with van der Waals surface area (Å²) in [4.78, 5) is 37.3. The molecule has 0 N–H and O–H groups in total. The lowest BCUT2D eigenvalue weighted by Gasteiger charge is -2.56. The van der Waals surface area contributed by atoms with Crippen molar-refractivity contribution < 1.29 is 14.4 Å². The maximum atomic E-state index is 13.3. The van der Waals surface area contributed by atoms with Crippen LogP contribution in [0.1, 0.15) is 65.7 Å². The summed E-state index contributed by atoms with van der Waals surface area (Å²) in [5, 5.41) is 0. The molecule has 3 fully saturated rings. The lowest BCUT2D eigenvalue weighted by Crippen LogP contribution is -2.55. The van der Waals surface area contributed by atoms with Crippen LogP contribution in [0, 0.1) is 34.5 Å². The smallest absolute Gasteiger partial charge is 0.155 e. The minimum absolute atomic E-state index is 0.0603. The van der Waals surface area contributed by atoms with Gasteiger partial charge in [-0.2, -0.15) is 0 Å². The van der Waals surface area contributed by atoms with E-state index in [1.54, 1.807) is 6.92 Å². The molecule has 3 nitrogen and oxygen atoms in total. The first-order valence-electron chi connectivity index (χ1n) is 9.54. The SMILES string of the molecule is CC(=O)C1CC[C@H]2[C@@H]3CCC4=CC(=O)CC[C@]4(C)[C@H]3C(=O)C[C@]12C. The number of hydrogen-bond acceptors (Lipinski definition) is 3. The Morgan fingerprint density at radius 2 is 1.88 bits per heavy atom. The third-order valence-electron chi connectivity index (χ3n) is 8.14. The van der Waals surface area contributed by atoms with E-state index in [2.05, 4.69) is 13.8 Å². The molecule has 0 radical (unpaired) electrons. The van der Waals surface area contributed by atoms with Crippen LogP contribution in [0.5, 0.6) is 0 Å². The highest BCUT2D eigenvalue weighted by atomic mass is 16.1. The number of rotatable bonds is 1. The van der Waals surface area contributed by atoms with Gasteiger partial charge < -0.3 is 0 Å². The molecule has 0 bridgehead atoms. The fraction of sp³-hybridized carbons (Fsp3) is 0.762. The molecule has 24 heavy (non-hydrogen) atoms. The van der Waals surface area contributed by atoms with Gasteiger partial charge in [-0.05, 0) is 67.8 Å². The molecule has 0 aromatic rings. The van der Waals surface area contributed by atoms with Crippen molar-refractivity contribution in [3.05, 3.63) is 11.6 Å². The van der Waals surface area contributed by atoms with Gasteiger partial charge >= 0.3 is 0 Å². The highest BCUT2D eigenvalue weighted by molar-refractivity contribution is 5.93. The normalized spacial score (nSPS) is 47.5. The molecule has 0 aromatic carbocycles. The lowest BCUT2D eigenvalue weighted by atomic mass is 9.46. The Balaban J connectivity index is 1.74. The van der Waals surface area contributed by atoms with Crippen molar-refractivity contribution in [1.82, 2.24) is 0 Å². The molecule has 3 heteroatoms. The minimum atomic E-state index is -0.133. The Morgan fingerprint density at radius 3 is 2.58 bits per heavy atom. The Labute approximate surface area is 144 Å². The quantitative estimate of drug-likeness (QED) is 0.733. The summed E-state index contributed by atoms with van der Waals surface area (Å²) >= 11 is 0. The second-order valence-electron chi connectivity index (χ2n) is 9.23. The van der Waals surface area contributed by atoms with Gasteiger partial charge in [-0.3, -0.25) is 14.4 Å². The average molecular weight is 328 g/mol. The van der Waals surface area contributed by atoms with Gasteiger partial charge in [0.1, 0.15) is 11.6 Å². The Morgan fingerprint density at radius 1 is 1.12 bits per heavy atom. The molecule has 0 amide bonds. The molecule has 4 rings (SSSR count). The number of hydrogen-bond donors (Lipinski definition) is 0. The van der Waals surface area contributed by atoms with E-state index in [4.69, 9.17) is 0 Å². The first-order chi connectivity index (χ1) is 11.3. The van der Waals surface area contributed by atoms with Crippen molar-refractivity contribution in [3.8, 4) is 0 Å². The largest absolute Gasteiger partial charge is 0.300 e. The zero-order valence-corrected chi connectivity index (χ0v) is 15.1. The van der Waals surface area contributed by atoms with E-state index >= 15 is 0 Å². The topological polar surface area (TPSA) is 51.2 Å². The summed E-state index contributed by atoms with van der Waals surface area (Å²) in [6, 6.07) is 0. The van der Waals surface area contributed by atoms with Crippen LogP contribution in [0.3, 0.4) is 0 Å². The number of allylic oxidation sites excluding steroid dienone is 1. The summed E-state index contributed by atoms with van der Waals surface area (Å²) in [6.45, 7) is 6.12. The third kappa shape index (κ3) is 1.99. The van der Waals surface area contributed by atoms with Crippen molar-refractivity contribution in [2.75, 3.05) is 0 Å². The lowest BCUT2D eigenvalue weighted by molar-refractivity contribution is -0.148. The monoisotopic (exact) mass is 328 g/mol.